The van der Waals surface area contributed by atoms with Gasteiger partial charge in [-0.05, 0) is 54.7 Å². The fourth-order valence-corrected chi connectivity index (χ4v) is 3.70. The van der Waals surface area contributed by atoms with Gasteiger partial charge in [-0.2, -0.15) is 0 Å². The zero-order valence-corrected chi connectivity index (χ0v) is 17.3. The molecule has 2 N–H and O–H groups in total. The molecule has 0 saturated heterocycles. The molecule has 0 unspecified atom stereocenters. The minimum absolute atomic E-state index is 0.104. The maximum atomic E-state index is 12.4. The minimum atomic E-state index is -0.436. The van der Waals surface area contributed by atoms with Crippen LogP contribution in [0.4, 0.5) is 5.69 Å². The Morgan fingerprint density at radius 2 is 1.73 bits per heavy atom. The second kappa shape index (κ2) is 10.6. The second-order valence-electron chi connectivity index (χ2n) is 7.76. The van der Waals surface area contributed by atoms with E-state index in [9.17, 15) is 14.4 Å². The number of rotatable bonds is 7. The maximum Gasteiger partial charge on any atom is 0.308 e. The van der Waals surface area contributed by atoms with Gasteiger partial charge in [-0.1, -0.05) is 37.5 Å². The predicted octanol–water partition coefficient (Wildman–Crippen LogP) is 4.45. The van der Waals surface area contributed by atoms with Crippen LogP contribution in [0.2, 0.25) is 0 Å². The molecule has 158 valence electrons. The highest BCUT2D eigenvalue weighted by molar-refractivity contribution is 6.04. The van der Waals surface area contributed by atoms with Crippen molar-refractivity contribution >= 4 is 23.5 Å². The van der Waals surface area contributed by atoms with Gasteiger partial charge in [0.15, 0.2) is 0 Å². The number of anilines is 1. The van der Waals surface area contributed by atoms with Crippen molar-refractivity contribution in [1.82, 2.24) is 5.32 Å². The molecule has 6 heteroatoms. The molecule has 0 bridgehead atoms. The van der Waals surface area contributed by atoms with Crippen LogP contribution < -0.4 is 15.4 Å². The van der Waals surface area contributed by atoms with Crippen LogP contribution in [-0.2, 0) is 16.1 Å². The van der Waals surface area contributed by atoms with Crippen LogP contribution in [0, 0.1) is 5.92 Å². The molecule has 6 nitrogen and oxygen atoms in total. The first kappa shape index (κ1) is 21.6. The lowest BCUT2D eigenvalue weighted by Crippen LogP contribution is -2.25. The van der Waals surface area contributed by atoms with Crippen LogP contribution >= 0.6 is 0 Å². The summed E-state index contributed by atoms with van der Waals surface area (Å²) in [6, 6.07) is 13.8. The number of carbonyl (C=O) groups excluding carboxylic acids is 3. The molecule has 1 fully saturated rings. The predicted molar refractivity (Wildman–Crippen MR) is 115 cm³/mol. The first-order chi connectivity index (χ1) is 14.5. The zero-order chi connectivity index (χ0) is 21.3. The lowest BCUT2D eigenvalue weighted by atomic mass is 9.87. The monoisotopic (exact) mass is 408 g/mol. The van der Waals surface area contributed by atoms with E-state index in [1.54, 1.807) is 30.3 Å². The van der Waals surface area contributed by atoms with Crippen molar-refractivity contribution in [2.75, 3.05) is 5.32 Å². The molecule has 1 saturated carbocycles. The Morgan fingerprint density at radius 3 is 2.43 bits per heavy atom. The van der Waals surface area contributed by atoms with E-state index in [2.05, 4.69) is 10.6 Å². The summed E-state index contributed by atoms with van der Waals surface area (Å²) in [6.45, 7) is 1.79. The van der Waals surface area contributed by atoms with Crippen molar-refractivity contribution in [1.29, 1.82) is 0 Å². The smallest absolute Gasteiger partial charge is 0.308 e. The Labute approximate surface area is 177 Å². The van der Waals surface area contributed by atoms with E-state index in [-0.39, 0.29) is 11.8 Å². The van der Waals surface area contributed by atoms with E-state index in [1.165, 1.54) is 32.3 Å². The Kier molecular flexibility index (Phi) is 7.60. The third-order valence-corrected chi connectivity index (χ3v) is 5.26. The van der Waals surface area contributed by atoms with Gasteiger partial charge in [0.25, 0.3) is 5.91 Å². The molecule has 0 radical (unpaired) electrons. The summed E-state index contributed by atoms with van der Waals surface area (Å²) in [6.07, 6.45) is 6.69. The summed E-state index contributed by atoms with van der Waals surface area (Å²) < 4.78 is 5.01. The van der Waals surface area contributed by atoms with Gasteiger partial charge in [-0.25, -0.2) is 0 Å². The summed E-state index contributed by atoms with van der Waals surface area (Å²) in [4.78, 5) is 35.6. The van der Waals surface area contributed by atoms with Crippen molar-refractivity contribution in [3.8, 4) is 5.75 Å². The Morgan fingerprint density at radius 1 is 1.00 bits per heavy atom. The lowest BCUT2D eigenvalue weighted by Gasteiger charge is -2.20. The van der Waals surface area contributed by atoms with Crippen molar-refractivity contribution in [2.45, 2.75) is 52.0 Å². The van der Waals surface area contributed by atoms with Gasteiger partial charge in [0, 0.05) is 31.1 Å². The largest absolute Gasteiger partial charge is 0.427 e. The molecule has 2 aromatic carbocycles. The number of amides is 2. The van der Waals surface area contributed by atoms with Gasteiger partial charge in [0.1, 0.15) is 5.75 Å². The summed E-state index contributed by atoms with van der Waals surface area (Å²) >= 11 is 0. The number of carbonyl (C=O) groups is 3. The molecule has 0 spiro atoms. The summed E-state index contributed by atoms with van der Waals surface area (Å²) in [5, 5.41) is 5.80. The Balaban J connectivity index is 1.48. The van der Waals surface area contributed by atoms with Gasteiger partial charge >= 0.3 is 5.97 Å². The van der Waals surface area contributed by atoms with Crippen molar-refractivity contribution < 1.29 is 19.1 Å². The topological polar surface area (TPSA) is 84.5 Å². The molecule has 2 aromatic rings. The number of benzene rings is 2. The Hall–Kier alpha value is -3.15. The molecule has 0 heterocycles. The first-order valence-corrected chi connectivity index (χ1v) is 10.4. The van der Waals surface area contributed by atoms with Crippen molar-refractivity contribution in [3.05, 3.63) is 59.7 Å². The van der Waals surface area contributed by atoms with Crippen LogP contribution in [0.5, 0.6) is 5.75 Å². The van der Waals surface area contributed by atoms with E-state index >= 15 is 0 Å². The molecule has 0 atom stereocenters. The maximum absolute atomic E-state index is 12.4. The Bertz CT molecular complexity index is 886. The third-order valence-electron chi connectivity index (χ3n) is 5.26. The second-order valence-corrected chi connectivity index (χ2v) is 7.76. The highest BCUT2D eigenvalue weighted by Crippen LogP contribution is 2.26. The van der Waals surface area contributed by atoms with Crippen LogP contribution in [0.25, 0.3) is 0 Å². The number of ether oxygens (including phenoxy) is 1. The van der Waals surface area contributed by atoms with Gasteiger partial charge < -0.3 is 15.4 Å². The molecular weight excluding hydrogens is 380 g/mol. The molecule has 1 aliphatic carbocycles. The summed E-state index contributed by atoms with van der Waals surface area (Å²) in [5.74, 6) is 0.226. The number of nitrogens with one attached hydrogen (secondary N) is 2. The average Bonchev–Trinajstić information content (AvgIpc) is 2.74. The quantitative estimate of drug-likeness (QED) is 0.524. The van der Waals surface area contributed by atoms with Crippen molar-refractivity contribution in [3.63, 3.8) is 0 Å². The van der Waals surface area contributed by atoms with E-state index in [0.717, 1.165) is 18.4 Å². The van der Waals surface area contributed by atoms with Crippen LogP contribution in [0.1, 0.15) is 61.4 Å². The fraction of sp³-hybridized carbons (Fsp3) is 0.375. The summed E-state index contributed by atoms with van der Waals surface area (Å²) in [5.41, 5.74) is 2.02. The van der Waals surface area contributed by atoms with E-state index < -0.39 is 5.97 Å². The van der Waals surface area contributed by atoms with E-state index in [4.69, 9.17) is 4.74 Å². The van der Waals surface area contributed by atoms with E-state index in [0.29, 0.717) is 35.9 Å². The third kappa shape index (κ3) is 6.72. The van der Waals surface area contributed by atoms with E-state index in [1.807, 2.05) is 12.1 Å². The molecule has 0 aliphatic heterocycles. The van der Waals surface area contributed by atoms with Crippen LogP contribution in [0.3, 0.4) is 0 Å². The standard InChI is InChI=1S/C24H28N2O4/c1-17(27)30-22-9-5-8-20(15-22)24(29)26-21-12-10-19(11-13-21)16-25-23(28)14-18-6-3-2-4-7-18/h5,8-13,15,18H,2-4,6-7,14,16H2,1H3,(H,25,28)(H,26,29). The van der Waals surface area contributed by atoms with Gasteiger partial charge in [-0.15, -0.1) is 0 Å². The number of hydrogen-bond donors (Lipinski definition) is 2. The highest BCUT2D eigenvalue weighted by atomic mass is 16.5. The molecule has 30 heavy (non-hydrogen) atoms. The molecule has 2 amide bonds. The zero-order valence-electron chi connectivity index (χ0n) is 17.3. The fourth-order valence-electron chi connectivity index (χ4n) is 3.70. The normalized spacial score (nSPS) is 14.0. The van der Waals surface area contributed by atoms with Crippen LogP contribution in [0.15, 0.2) is 48.5 Å². The highest BCUT2D eigenvalue weighted by Gasteiger charge is 2.16. The lowest BCUT2D eigenvalue weighted by molar-refractivity contribution is -0.131. The van der Waals surface area contributed by atoms with Gasteiger partial charge in [0.2, 0.25) is 5.91 Å². The molecular formula is C24H28N2O4. The van der Waals surface area contributed by atoms with Gasteiger partial charge in [0.05, 0.1) is 0 Å². The molecule has 1 aliphatic rings. The molecule has 0 aromatic heterocycles. The summed E-state index contributed by atoms with van der Waals surface area (Å²) in [7, 11) is 0. The SMILES string of the molecule is CC(=O)Oc1cccc(C(=O)Nc2ccc(CNC(=O)CC3CCCCC3)cc2)c1. The van der Waals surface area contributed by atoms with Crippen LogP contribution in [-0.4, -0.2) is 17.8 Å². The average molecular weight is 408 g/mol. The minimum Gasteiger partial charge on any atom is -0.427 e. The number of esters is 1. The molecule has 3 rings (SSSR count). The number of hydrogen-bond acceptors (Lipinski definition) is 4. The van der Waals surface area contributed by atoms with Crippen molar-refractivity contribution in [2.24, 2.45) is 5.92 Å². The first-order valence-electron chi connectivity index (χ1n) is 10.4. The van der Waals surface area contributed by atoms with Gasteiger partial charge in [-0.3, -0.25) is 14.4 Å².